The fraction of sp³-hybridized carbons (Fsp3) is 0.432. The molecule has 0 bridgehead atoms. The summed E-state index contributed by atoms with van der Waals surface area (Å²) in [7, 11) is 1.67. The van der Waals surface area contributed by atoms with Crippen LogP contribution in [0.4, 0.5) is 19.0 Å². The minimum Gasteiger partial charge on any atom is -0.488 e. The number of nitrogens with zero attached hydrogens (tertiary/aromatic N) is 7. The Morgan fingerprint density at radius 2 is 1.70 bits per heavy atom. The highest BCUT2D eigenvalue weighted by molar-refractivity contribution is 6.03. The zero-order chi connectivity index (χ0) is 37.7. The van der Waals surface area contributed by atoms with E-state index in [1.165, 1.54) is 21.4 Å². The number of benzene rings is 1. The number of piperidine rings is 2. The number of pyridine rings is 2. The van der Waals surface area contributed by atoms with Crippen LogP contribution in [-0.4, -0.2) is 76.7 Å². The normalized spacial score (nSPS) is 21.7. The standard InChI is InChI=1S/C37H38F3N9O5/c1-46-33-27(49(36(46)53)28-12-13-32(50)44-35(28)52)5-3-6-29(33)54-24-14-16-47(17-15-24)22-8-10-23(11-9-22)48-20-21-18-31(41-19-26(21)45-48)43-34(51)25-4-2-7-30(42-25)37(38,39)40/h2-7,18-20,22-24,28H,8-17H2,1H3,(H,43,51)(H,44,50,52). The van der Waals surface area contributed by atoms with Crippen molar-refractivity contribution in [2.75, 3.05) is 18.4 Å². The van der Waals surface area contributed by atoms with E-state index in [1.54, 1.807) is 19.2 Å². The van der Waals surface area contributed by atoms with Gasteiger partial charge in [0.1, 0.15) is 46.1 Å². The molecule has 0 spiro atoms. The third kappa shape index (κ3) is 6.83. The van der Waals surface area contributed by atoms with E-state index in [0.717, 1.165) is 69.1 Å². The fourth-order valence-electron chi connectivity index (χ4n) is 8.05. The lowest BCUT2D eigenvalue weighted by Gasteiger charge is -2.40. The van der Waals surface area contributed by atoms with Crippen molar-refractivity contribution < 1.29 is 32.3 Å². The molecule has 282 valence electrons. The molecule has 1 atom stereocenters. The first kappa shape index (κ1) is 35.4. The highest BCUT2D eigenvalue weighted by atomic mass is 19.4. The molecule has 1 aromatic carbocycles. The lowest BCUT2D eigenvalue weighted by Crippen LogP contribution is -2.45. The molecular weight excluding hydrogens is 707 g/mol. The van der Waals surface area contributed by atoms with Crippen LogP contribution in [0.5, 0.6) is 5.75 Å². The van der Waals surface area contributed by atoms with Crippen LogP contribution in [0.1, 0.15) is 79.6 Å². The van der Waals surface area contributed by atoms with Gasteiger partial charge in [-0.3, -0.25) is 33.5 Å². The van der Waals surface area contributed by atoms with Gasteiger partial charge in [-0.15, -0.1) is 0 Å². The van der Waals surface area contributed by atoms with Crippen LogP contribution in [-0.2, 0) is 22.8 Å². The second-order valence-corrected chi connectivity index (χ2v) is 14.2. The number of para-hydroxylation sites is 1. The zero-order valence-corrected chi connectivity index (χ0v) is 29.4. The highest BCUT2D eigenvalue weighted by Gasteiger charge is 2.35. The average Bonchev–Trinajstić information content (AvgIpc) is 3.70. The van der Waals surface area contributed by atoms with E-state index in [2.05, 4.69) is 25.5 Å². The molecular formula is C37H38F3N9O5. The molecule has 3 amide bonds. The summed E-state index contributed by atoms with van der Waals surface area (Å²) in [6, 6.07) is 10.2. The maximum absolute atomic E-state index is 13.3. The number of imidazole rings is 1. The summed E-state index contributed by atoms with van der Waals surface area (Å²) in [5.41, 5.74) is 0.0460. The highest BCUT2D eigenvalue weighted by Crippen LogP contribution is 2.35. The quantitative estimate of drug-likeness (QED) is 0.224. The minimum absolute atomic E-state index is 0.0293. The number of fused-ring (bicyclic) bond motifs is 2. The predicted octanol–water partition coefficient (Wildman–Crippen LogP) is 4.76. The van der Waals surface area contributed by atoms with Gasteiger partial charge in [-0.1, -0.05) is 12.1 Å². The van der Waals surface area contributed by atoms with Crippen molar-refractivity contribution in [2.24, 2.45) is 7.05 Å². The monoisotopic (exact) mass is 745 g/mol. The van der Waals surface area contributed by atoms with Gasteiger partial charge in [-0.2, -0.15) is 18.3 Å². The number of nitrogens with one attached hydrogen (secondary N) is 2. The van der Waals surface area contributed by atoms with E-state index < -0.39 is 29.7 Å². The van der Waals surface area contributed by atoms with Gasteiger partial charge in [0.05, 0.1) is 17.8 Å². The van der Waals surface area contributed by atoms with Crippen LogP contribution in [0, 0.1) is 0 Å². The summed E-state index contributed by atoms with van der Waals surface area (Å²) in [6.45, 7) is 1.77. The number of aryl methyl sites for hydroxylation is 1. The number of halogens is 3. The number of hydrogen-bond donors (Lipinski definition) is 2. The third-order valence-corrected chi connectivity index (χ3v) is 10.8. The Balaban J connectivity index is 0.858. The molecule has 17 heteroatoms. The second-order valence-electron chi connectivity index (χ2n) is 14.2. The number of carbonyl (C=O) groups is 3. The molecule has 14 nitrogen and oxygen atoms in total. The molecule has 5 aromatic rings. The summed E-state index contributed by atoms with van der Waals surface area (Å²) in [5, 5.41) is 10.4. The van der Waals surface area contributed by atoms with E-state index in [9.17, 15) is 32.3 Å². The summed E-state index contributed by atoms with van der Waals surface area (Å²) in [5.74, 6) is -0.810. The van der Waals surface area contributed by atoms with E-state index in [1.807, 2.05) is 23.0 Å². The number of likely N-dealkylation sites (tertiary alicyclic amines) is 1. The number of rotatable bonds is 7. The number of hydrogen-bond acceptors (Lipinski definition) is 9. The lowest BCUT2D eigenvalue weighted by molar-refractivity contribution is -0.141. The van der Waals surface area contributed by atoms with Gasteiger partial charge < -0.3 is 15.0 Å². The van der Waals surface area contributed by atoms with Crippen LogP contribution in [0.15, 0.2) is 59.7 Å². The molecule has 8 rings (SSSR count). The Bertz CT molecular complexity index is 2320. The van der Waals surface area contributed by atoms with E-state index >= 15 is 0 Å². The van der Waals surface area contributed by atoms with Crippen LogP contribution < -0.4 is 21.1 Å². The van der Waals surface area contributed by atoms with Crippen LogP contribution >= 0.6 is 0 Å². The summed E-state index contributed by atoms with van der Waals surface area (Å²) >= 11 is 0. The number of anilines is 1. The first-order valence-corrected chi connectivity index (χ1v) is 18.1. The molecule has 1 unspecified atom stereocenters. The molecule has 1 saturated carbocycles. The summed E-state index contributed by atoms with van der Waals surface area (Å²) < 4.78 is 50.6. The van der Waals surface area contributed by atoms with Crippen LogP contribution in [0.2, 0.25) is 0 Å². The number of aromatic nitrogens is 6. The molecule has 3 fully saturated rings. The smallest absolute Gasteiger partial charge is 0.433 e. The maximum atomic E-state index is 13.3. The van der Waals surface area contributed by atoms with Crippen LogP contribution in [0.25, 0.3) is 21.9 Å². The largest absolute Gasteiger partial charge is 0.488 e. The summed E-state index contributed by atoms with van der Waals surface area (Å²) in [6.07, 6.45) is 4.75. The topological polar surface area (TPSA) is 158 Å². The van der Waals surface area contributed by atoms with Gasteiger partial charge >= 0.3 is 11.9 Å². The van der Waals surface area contributed by atoms with Crippen LogP contribution in [0.3, 0.4) is 0 Å². The minimum atomic E-state index is -4.66. The fourth-order valence-corrected chi connectivity index (χ4v) is 8.05. The molecule has 3 aliphatic rings. The molecule has 2 saturated heterocycles. The van der Waals surface area contributed by atoms with E-state index in [0.29, 0.717) is 28.3 Å². The second kappa shape index (κ2) is 14.0. The molecule has 6 heterocycles. The zero-order valence-electron chi connectivity index (χ0n) is 29.4. The van der Waals surface area contributed by atoms with Gasteiger partial charge in [0.2, 0.25) is 11.8 Å². The average molecular weight is 746 g/mol. The molecule has 4 aromatic heterocycles. The van der Waals surface area contributed by atoms with Gasteiger partial charge in [-0.25, -0.2) is 14.8 Å². The van der Waals surface area contributed by atoms with Crippen molar-refractivity contribution in [2.45, 2.75) is 81.8 Å². The van der Waals surface area contributed by atoms with Gasteiger partial charge in [0.25, 0.3) is 5.91 Å². The van der Waals surface area contributed by atoms with Gasteiger partial charge in [-0.05, 0) is 75.3 Å². The Kier molecular flexibility index (Phi) is 9.19. The van der Waals surface area contributed by atoms with E-state index in [4.69, 9.17) is 9.84 Å². The Labute approximate surface area is 306 Å². The van der Waals surface area contributed by atoms with Crippen molar-refractivity contribution >= 4 is 45.5 Å². The number of carbonyl (C=O) groups excluding carboxylic acids is 3. The number of alkyl halides is 3. The molecule has 2 N–H and O–H groups in total. The van der Waals surface area contributed by atoms with Gasteiger partial charge in [0, 0.05) is 44.2 Å². The Morgan fingerprint density at radius 3 is 2.44 bits per heavy atom. The molecule has 54 heavy (non-hydrogen) atoms. The Hall–Kier alpha value is -5.58. The molecule has 1 aliphatic carbocycles. The predicted molar refractivity (Wildman–Crippen MR) is 190 cm³/mol. The Morgan fingerprint density at radius 1 is 0.963 bits per heavy atom. The SMILES string of the molecule is Cn1c(=O)n(C2CCC(=O)NC2=O)c2cccc(OC3CCN(C4CCC(n5cc6cc(NC(=O)c7cccc(C(F)(F)F)n7)ncc6n5)CC4)CC3)c21. The number of amides is 3. The lowest BCUT2D eigenvalue weighted by atomic mass is 9.89. The van der Waals surface area contributed by atoms with Crippen molar-refractivity contribution in [1.29, 1.82) is 0 Å². The van der Waals surface area contributed by atoms with Crippen molar-refractivity contribution in [3.8, 4) is 5.75 Å². The number of imide groups is 1. The molecule has 0 radical (unpaired) electrons. The maximum Gasteiger partial charge on any atom is 0.433 e. The van der Waals surface area contributed by atoms with Crippen molar-refractivity contribution in [3.63, 3.8) is 0 Å². The summed E-state index contributed by atoms with van der Waals surface area (Å²) in [4.78, 5) is 60.5. The van der Waals surface area contributed by atoms with E-state index in [-0.39, 0.29) is 48.1 Å². The number of ether oxygens (including phenoxy) is 1. The third-order valence-electron chi connectivity index (χ3n) is 10.8. The first-order chi connectivity index (χ1) is 25.9. The van der Waals surface area contributed by atoms with Crippen molar-refractivity contribution in [3.05, 3.63) is 76.7 Å². The van der Waals surface area contributed by atoms with Crippen molar-refractivity contribution in [1.82, 2.24) is 39.1 Å². The first-order valence-electron chi connectivity index (χ1n) is 18.1. The van der Waals surface area contributed by atoms with Gasteiger partial charge in [0.15, 0.2) is 0 Å². The molecule has 2 aliphatic heterocycles.